The summed E-state index contributed by atoms with van der Waals surface area (Å²) in [5, 5.41) is 20.1. The molecule has 29 heavy (non-hydrogen) atoms. The maximum atomic E-state index is 12.4. The highest BCUT2D eigenvalue weighted by atomic mass is 35.5. The number of hydrogen-bond acceptors (Lipinski definition) is 5. The van der Waals surface area contributed by atoms with E-state index in [1.165, 1.54) is 10.7 Å². The number of aryl methyl sites for hydroxylation is 1. The fraction of sp³-hybridized carbons (Fsp3) is 0.421. The SMILES string of the molecule is Cc1cc(C(=O)O)nn1CC(=O)NCC1CNCCOC1c1ccc(Cl)c(Cl)c1. The molecule has 3 N–H and O–H groups in total. The third kappa shape index (κ3) is 5.48. The molecule has 0 spiro atoms. The lowest BCUT2D eigenvalue weighted by molar-refractivity contribution is -0.122. The Balaban J connectivity index is 1.65. The van der Waals surface area contributed by atoms with Crippen LogP contribution in [-0.2, 0) is 16.1 Å². The van der Waals surface area contributed by atoms with Crippen molar-refractivity contribution in [2.45, 2.75) is 19.6 Å². The molecule has 1 aliphatic heterocycles. The topological polar surface area (TPSA) is 105 Å². The standard InChI is InChI=1S/C19H22Cl2N4O4/c1-11-6-16(19(27)28)24-25(11)10-17(26)23-9-13-8-22-4-5-29-18(13)12-2-3-14(20)15(21)7-12/h2-3,6-7,13,18,22H,4-5,8-10H2,1H3,(H,23,26)(H,27,28). The molecule has 10 heteroatoms. The van der Waals surface area contributed by atoms with Gasteiger partial charge >= 0.3 is 5.97 Å². The van der Waals surface area contributed by atoms with Crippen LogP contribution in [0.3, 0.4) is 0 Å². The van der Waals surface area contributed by atoms with E-state index < -0.39 is 5.97 Å². The molecule has 0 radical (unpaired) electrons. The van der Waals surface area contributed by atoms with Crippen molar-refractivity contribution in [1.82, 2.24) is 20.4 Å². The molecule has 2 atom stereocenters. The molecule has 0 saturated carbocycles. The summed E-state index contributed by atoms with van der Waals surface area (Å²) in [5.41, 5.74) is 1.42. The molecule has 2 unspecified atom stereocenters. The van der Waals surface area contributed by atoms with E-state index >= 15 is 0 Å². The van der Waals surface area contributed by atoms with Crippen LogP contribution in [0.4, 0.5) is 0 Å². The van der Waals surface area contributed by atoms with Gasteiger partial charge in [-0.25, -0.2) is 4.79 Å². The predicted octanol–water partition coefficient (Wildman–Crippen LogP) is 2.29. The number of amides is 1. The first-order chi connectivity index (χ1) is 13.8. The van der Waals surface area contributed by atoms with Crippen molar-refractivity contribution in [3.05, 3.63) is 51.3 Å². The van der Waals surface area contributed by atoms with E-state index in [9.17, 15) is 9.59 Å². The van der Waals surface area contributed by atoms with Crippen molar-refractivity contribution < 1.29 is 19.4 Å². The zero-order valence-electron chi connectivity index (χ0n) is 15.8. The highest BCUT2D eigenvalue weighted by molar-refractivity contribution is 6.42. The average molecular weight is 441 g/mol. The minimum atomic E-state index is -1.13. The Morgan fingerprint density at radius 2 is 2.14 bits per heavy atom. The van der Waals surface area contributed by atoms with Gasteiger partial charge in [-0.3, -0.25) is 9.48 Å². The number of rotatable bonds is 6. The fourth-order valence-corrected chi connectivity index (χ4v) is 3.54. The van der Waals surface area contributed by atoms with Gasteiger partial charge in [0, 0.05) is 31.2 Å². The molecule has 2 heterocycles. The van der Waals surface area contributed by atoms with Crippen molar-refractivity contribution in [1.29, 1.82) is 0 Å². The number of aromatic nitrogens is 2. The highest BCUT2D eigenvalue weighted by Gasteiger charge is 2.27. The summed E-state index contributed by atoms with van der Waals surface area (Å²) >= 11 is 12.2. The Bertz CT molecular complexity index is 902. The van der Waals surface area contributed by atoms with E-state index in [0.717, 1.165) is 5.56 Å². The van der Waals surface area contributed by atoms with Crippen LogP contribution >= 0.6 is 23.2 Å². The number of carboxylic acid groups (broad SMARTS) is 1. The van der Waals surface area contributed by atoms with E-state index in [1.807, 2.05) is 6.07 Å². The van der Waals surface area contributed by atoms with Gasteiger partial charge in [-0.2, -0.15) is 5.10 Å². The number of aromatic carboxylic acids is 1. The maximum Gasteiger partial charge on any atom is 0.356 e. The van der Waals surface area contributed by atoms with Gasteiger partial charge in [0.05, 0.1) is 22.8 Å². The van der Waals surface area contributed by atoms with Crippen LogP contribution in [0.15, 0.2) is 24.3 Å². The van der Waals surface area contributed by atoms with Crippen LogP contribution in [0.5, 0.6) is 0 Å². The first-order valence-electron chi connectivity index (χ1n) is 9.17. The first-order valence-corrected chi connectivity index (χ1v) is 9.92. The van der Waals surface area contributed by atoms with Crippen LogP contribution in [0, 0.1) is 12.8 Å². The second-order valence-corrected chi connectivity index (χ2v) is 7.68. The molecule has 0 bridgehead atoms. The Kier molecular flexibility index (Phi) is 7.13. The van der Waals surface area contributed by atoms with Gasteiger partial charge in [0.15, 0.2) is 5.69 Å². The summed E-state index contributed by atoms with van der Waals surface area (Å²) in [4.78, 5) is 23.4. The van der Waals surface area contributed by atoms with E-state index in [4.69, 9.17) is 33.0 Å². The largest absolute Gasteiger partial charge is 0.476 e. The van der Waals surface area contributed by atoms with E-state index in [-0.39, 0.29) is 30.2 Å². The lowest BCUT2D eigenvalue weighted by atomic mass is 9.95. The number of carbonyl (C=O) groups excluding carboxylic acids is 1. The van der Waals surface area contributed by atoms with Gasteiger partial charge in [0.1, 0.15) is 6.54 Å². The molecule has 3 rings (SSSR count). The van der Waals surface area contributed by atoms with Gasteiger partial charge in [-0.15, -0.1) is 0 Å². The van der Waals surface area contributed by atoms with Gasteiger partial charge < -0.3 is 20.5 Å². The van der Waals surface area contributed by atoms with Gasteiger partial charge in [0.25, 0.3) is 0 Å². The first kappa shape index (κ1) is 21.6. The number of halogens is 2. The van der Waals surface area contributed by atoms with Crippen LogP contribution in [0.25, 0.3) is 0 Å². The molecule has 1 aromatic carbocycles. The van der Waals surface area contributed by atoms with E-state index in [1.54, 1.807) is 19.1 Å². The normalized spacial score (nSPS) is 19.6. The summed E-state index contributed by atoms with van der Waals surface area (Å²) in [5.74, 6) is -1.41. The third-order valence-electron chi connectivity index (χ3n) is 4.74. The van der Waals surface area contributed by atoms with Crippen LogP contribution < -0.4 is 10.6 Å². The summed E-state index contributed by atoms with van der Waals surface area (Å²) in [7, 11) is 0. The number of benzene rings is 1. The number of nitrogens with one attached hydrogen (secondary N) is 2. The van der Waals surface area contributed by atoms with Gasteiger partial charge in [0.2, 0.25) is 5.91 Å². The minimum absolute atomic E-state index is 0.0213. The Morgan fingerprint density at radius 3 is 2.83 bits per heavy atom. The monoisotopic (exact) mass is 440 g/mol. The molecular formula is C19H22Cl2N4O4. The predicted molar refractivity (Wildman–Crippen MR) is 108 cm³/mol. The second kappa shape index (κ2) is 9.58. The lowest BCUT2D eigenvalue weighted by Gasteiger charge is -2.25. The van der Waals surface area contributed by atoms with E-state index in [2.05, 4.69) is 15.7 Å². The van der Waals surface area contributed by atoms with Crippen LogP contribution in [-0.4, -0.2) is 53.0 Å². The molecule has 156 valence electrons. The molecule has 1 amide bonds. The van der Waals surface area contributed by atoms with Gasteiger partial charge in [-0.1, -0.05) is 29.3 Å². The van der Waals surface area contributed by atoms with Crippen LogP contribution in [0.2, 0.25) is 10.0 Å². The number of hydrogen-bond donors (Lipinski definition) is 3. The smallest absolute Gasteiger partial charge is 0.356 e. The maximum absolute atomic E-state index is 12.4. The zero-order valence-corrected chi connectivity index (χ0v) is 17.3. The number of ether oxygens (including phenoxy) is 1. The molecule has 1 fully saturated rings. The quantitative estimate of drug-likeness (QED) is 0.636. The number of carboxylic acids is 1. The summed E-state index contributed by atoms with van der Waals surface area (Å²) in [6.45, 7) is 3.94. The summed E-state index contributed by atoms with van der Waals surface area (Å²) in [6, 6.07) is 6.82. The number of carbonyl (C=O) groups is 2. The molecule has 8 nitrogen and oxygen atoms in total. The highest BCUT2D eigenvalue weighted by Crippen LogP contribution is 2.31. The van der Waals surface area contributed by atoms with Crippen molar-refractivity contribution in [2.75, 3.05) is 26.2 Å². The molecule has 1 aliphatic rings. The summed E-state index contributed by atoms with van der Waals surface area (Å²) < 4.78 is 7.37. The van der Waals surface area contributed by atoms with Crippen molar-refractivity contribution in [3.63, 3.8) is 0 Å². The zero-order chi connectivity index (χ0) is 21.0. The van der Waals surface area contributed by atoms with E-state index in [0.29, 0.717) is 42.0 Å². The second-order valence-electron chi connectivity index (χ2n) is 6.87. The fourth-order valence-electron chi connectivity index (χ4n) is 3.24. The lowest BCUT2D eigenvalue weighted by Crippen LogP contribution is -2.38. The van der Waals surface area contributed by atoms with Crippen molar-refractivity contribution in [2.24, 2.45) is 5.92 Å². The number of nitrogens with zero attached hydrogens (tertiary/aromatic N) is 2. The Morgan fingerprint density at radius 1 is 1.34 bits per heavy atom. The molecule has 2 aromatic rings. The van der Waals surface area contributed by atoms with Crippen molar-refractivity contribution >= 4 is 35.1 Å². The van der Waals surface area contributed by atoms with Crippen molar-refractivity contribution in [3.8, 4) is 0 Å². The van der Waals surface area contributed by atoms with Gasteiger partial charge in [-0.05, 0) is 30.7 Å². The average Bonchev–Trinajstić information content (AvgIpc) is 2.89. The molecular weight excluding hydrogens is 419 g/mol. The minimum Gasteiger partial charge on any atom is -0.476 e. The molecule has 0 aliphatic carbocycles. The van der Waals surface area contributed by atoms with Crippen LogP contribution in [0.1, 0.15) is 27.8 Å². The Labute approximate surface area is 178 Å². The Hall–Kier alpha value is -2.13. The molecule has 1 aromatic heterocycles. The molecule has 1 saturated heterocycles. The summed E-state index contributed by atoms with van der Waals surface area (Å²) in [6.07, 6.45) is -0.245. The third-order valence-corrected chi connectivity index (χ3v) is 5.48.